The summed E-state index contributed by atoms with van der Waals surface area (Å²) >= 11 is 17.9. The Labute approximate surface area is 153 Å². The van der Waals surface area contributed by atoms with Gasteiger partial charge in [-0.3, -0.25) is 4.79 Å². The molecule has 0 spiro atoms. The normalized spacial score (nSPS) is 10.8. The molecule has 0 bridgehead atoms. The van der Waals surface area contributed by atoms with Crippen molar-refractivity contribution >= 4 is 57.8 Å². The van der Waals surface area contributed by atoms with Gasteiger partial charge >= 0.3 is 0 Å². The summed E-state index contributed by atoms with van der Waals surface area (Å²) in [7, 11) is 0. The van der Waals surface area contributed by atoms with Gasteiger partial charge in [-0.05, 0) is 36.4 Å². The zero-order valence-corrected chi connectivity index (χ0v) is 14.4. The van der Waals surface area contributed by atoms with Crippen LogP contribution in [0.4, 0.5) is 17.1 Å². The van der Waals surface area contributed by atoms with Crippen molar-refractivity contribution in [1.82, 2.24) is 0 Å². The van der Waals surface area contributed by atoms with Gasteiger partial charge in [-0.1, -0.05) is 34.8 Å². The number of hydrogen-bond acceptors (Lipinski definition) is 4. The Kier molecular flexibility index (Phi) is 5.93. The first-order chi connectivity index (χ1) is 11.4. The number of carbonyl (C=O) groups is 1. The molecule has 8 heteroatoms. The lowest BCUT2D eigenvalue weighted by Crippen LogP contribution is -2.15. The number of nitrogens with zero attached hydrogens (tertiary/aromatic N) is 1. The van der Waals surface area contributed by atoms with Crippen LogP contribution in [0.25, 0.3) is 0 Å². The highest BCUT2D eigenvalue weighted by Crippen LogP contribution is 2.26. The van der Waals surface area contributed by atoms with Gasteiger partial charge < -0.3 is 16.4 Å². The molecule has 2 aromatic carbocycles. The van der Waals surface area contributed by atoms with E-state index in [-0.39, 0.29) is 5.57 Å². The van der Waals surface area contributed by atoms with E-state index in [1.54, 1.807) is 36.4 Å². The fourth-order valence-electron chi connectivity index (χ4n) is 1.73. The number of benzene rings is 2. The number of anilines is 3. The number of nitrogens with one attached hydrogen (secondary N) is 2. The minimum absolute atomic E-state index is 0.168. The molecule has 0 fully saturated rings. The SMILES string of the molecule is N#C/C(=C/Nc1ccc(N)cc1Cl)C(=O)Nc1cc(Cl)ccc1Cl. The van der Waals surface area contributed by atoms with Gasteiger partial charge in [0.25, 0.3) is 5.91 Å². The third-order valence-electron chi connectivity index (χ3n) is 2.91. The molecular formula is C16H11Cl3N4O. The first-order valence-electron chi connectivity index (χ1n) is 6.59. The quantitative estimate of drug-likeness (QED) is 0.407. The number of amides is 1. The van der Waals surface area contributed by atoms with Crippen LogP contribution in [-0.4, -0.2) is 5.91 Å². The van der Waals surface area contributed by atoms with Crippen molar-refractivity contribution in [2.75, 3.05) is 16.4 Å². The topological polar surface area (TPSA) is 90.9 Å². The lowest BCUT2D eigenvalue weighted by molar-refractivity contribution is -0.112. The number of hydrogen-bond donors (Lipinski definition) is 3. The summed E-state index contributed by atoms with van der Waals surface area (Å²) < 4.78 is 0. The maximum absolute atomic E-state index is 12.2. The molecule has 0 aliphatic rings. The van der Waals surface area contributed by atoms with Crippen molar-refractivity contribution in [3.63, 3.8) is 0 Å². The van der Waals surface area contributed by atoms with Crippen LogP contribution in [0.3, 0.4) is 0 Å². The number of nitriles is 1. The molecule has 5 nitrogen and oxygen atoms in total. The summed E-state index contributed by atoms with van der Waals surface area (Å²) in [5, 5.41) is 15.5. The zero-order chi connectivity index (χ0) is 17.7. The van der Waals surface area contributed by atoms with Crippen molar-refractivity contribution in [2.45, 2.75) is 0 Å². The second-order valence-corrected chi connectivity index (χ2v) is 5.88. The molecule has 0 heterocycles. The van der Waals surface area contributed by atoms with E-state index in [9.17, 15) is 4.79 Å². The highest BCUT2D eigenvalue weighted by Gasteiger charge is 2.12. The molecule has 0 radical (unpaired) electrons. The summed E-state index contributed by atoms with van der Waals surface area (Å²) in [4.78, 5) is 12.2. The van der Waals surface area contributed by atoms with E-state index in [4.69, 9.17) is 45.8 Å². The Morgan fingerprint density at radius 3 is 2.50 bits per heavy atom. The summed E-state index contributed by atoms with van der Waals surface area (Å²) in [5.74, 6) is -0.638. The molecule has 0 unspecified atom stereocenters. The number of nitrogens with two attached hydrogens (primary N) is 1. The Hall–Kier alpha value is -2.39. The number of rotatable bonds is 4. The van der Waals surface area contributed by atoms with Crippen LogP contribution >= 0.6 is 34.8 Å². The summed E-state index contributed by atoms with van der Waals surface area (Å²) in [6, 6.07) is 11.2. The molecule has 24 heavy (non-hydrogen) atoms. The molecule has 1 amide bonds. The first-order valence-corrected chi connectivity index (χ1v) is 7.72. The minimum Gasteiger partial charge on any atom is -0.399 e. The molecule has 4 N–H and O–H groups in total. The average Bonchev–Trinajstić information content (AvgIpc) is 2.53. The molecule has 2 aromatic rings. The van der Waals surface area contributed by atoms with Crippen molar-refractivity contribution in [1.29, 1.82) is 5.26 Å². The predicted molar refractivity (Wildman–Crippen MR) is 98.3 cm³/mol. The molecule has 0 saturated carbocycles. The minimum atomic E-state index is -0.638. The third kappa shape index (κ3) is 4.56. The maximum Gasteiger partial charge on any atom is 0.267 e. The smallest absolute Gasteiger partial charge is 0.267 e. The van der Waals surface area contributed by atoms with E-state index in [2.05, 4.69) is 10.6 Å². The summed E-state index contributed by atoms with van der Waals surface area (Å²) in [6.45, 7) is 0. The second kappa shape index (κ2) is 7.93. The van der Waals surface area contributed by atoms with E-state index in [1.807, 2.05) is 0 Å². The number of carbonyl (C=O) groups excluding carboxylic acids is 1. The van der Waals surface area contributed by atoms with Crippen molar-refractivity contribution in [3.8, 4) is 6.07 Å². The van der Waals surface area contributed by atoms with Crippen LogP contribution in [0.5, 0.6) is 0 Å². The highest BCUT2D eigenvalue weighted by molar-refractivity contribution is 6.36. The van der Waals surface area contributed by atoms with Crippen LogP contribution < -0.4 is 16.4 Å². The number of nitrogen functional groups attached to an aromatic ring is 1. The van der Waals surface area contributed by atoms with Crippen LogP contribution in [0, 0.1) is 11.3 Å². The molecule has 0 aliphatic heterocycles. The van der Waals surface area contributed by atoms with Crippen LogP contribution in [0.1, 0.15) is 0 Å². The van der Waals surface area contributed by atoms with Crippen LogP contribution in [-0.2, 0) is 4.79 Å². The first kappa shape index (κ1) is 18.0. The standard InChI is InChI=1S/C16H11Cl3N4O/c17-10-1-3-12(18)15(5-10)23-16(24)9(7-20)8-22-14-4-2-11(21)6-13(14)19/h1-6,8,22H,21H2,(H,23,24)/b9-8-. The molecule has 0 aromatic heterocycles. The van der Waals surface area contributed by atoms with E-state index >= 15 is 0 Å². The molecular weight excluding hydrogens is 371 g/mol. The van der Waals surface area contributed by atoms with E-state index in [0.29, 0.717) is 32.1 Å². The van der Waals surface area contributed by atoms with Crippen molar-refractivity contribution < 1.29 is 4.79 Å². The Morgan fingerprint density at radius 2 is 1.83 bits per heavy atom. The van der Waals surface area contributed by atoms with Crippen molar-refractivity contribution in [3.05, 3.63) is 63.2 Å². The third-order valence-corrected chi connectivity index (χ3v) is 3.78. The van der Waals surface area contributed by atoms with Gasteiger partial charge in [0.1, 0.15) is 11.6 Å². The molecule has 0 atom stereocenters. The lowest BCUT2D eigenvalue weighted by Gasteiger charge is -2.08. The van der Waals surface area contributed by atoms with Gasteiger partial charge in [0.05, 0.1) is 21.4 Å². The monoisotopic (exact) mass is 380 g/mol. The molecule has 122 valence electrons. The van der Waals surface area contributed by atoms with Crippen LogP contribution in [0.2, 0.25) is 15.1 Å². The highest BCUT2D eigenvalue weighted by atomic mass is 35.5. The molecule has 2 rings (SSSR count). The van der Waals surface area contributed by atoms with Gasteiger partial charge in [0, 0.05) is 16.9 Å². The van der Waals surface area contributed by atoms with E-state index < -0.39 is 5.91 Å². The zero-order valence-electron chi connectivity index (χ0n) is 12.1. The Bertz CT molecular complexity index is 859. The average molecular weight is 382 g/mol. The molecule has 0 aliphatic carbocycles. The van der Waals surface area contributed by atoms with E-state index in [0.717, 1.165) is 0 Å². The van der Waals surface area contributed by atoms with Crippen molar-refractivity contribution in [2.24, 2.45) is 0 Å². The van der Waals surface area contributed by atoms with E-state index in [1.165, 1.54) is 12.3 Å². The Morgan fingerprint density at radius 1 is 1.08 bits per heavy atom. The second-order valence-electron chi connectivity index (χ2n) is 4.63. The molecule has 0 saturated heterocycles. The number of halogens is 3. The predicted octanol–water partition coefficient (Wildman–Crippen LogP) is 4.69. The van der Waals surface area contributed by atoms with Gasteiger partial charge in [-0.15, -0.1) is 0 Å². The largest absolute Gasteiger partial charge is 0.399 e. The maximum atomic E-state index is 12.2. The summed E-state index contributed by atoms with van der Waals surface area (Å²) in [6.07, 6.45) is 1.24. The Balaban J connectivity index is 2.16. The van der Waals surface area contributed by atoms with Gasteiger partial charge in [0.15, 0.2) is 0 Å². The lowest BCUT2D eigenvalue weighted by atomic mass is 10.2. The van der Waals surface area contributed by atoms with Gasteiger partial charge in [0.2, 0.25) is 0 Å². The van der Waals surface area contributed by atoms with Crippen LogP contribution in [0.15, 0.2) is 48.2 Å². The summed E-state index contributed by atoms with van der Waals surface area (Å²) in [5.41, 5.74) is 6.75. The fourth-order valence-corrected chi connectivity index (χ4v) is 2.31. The van der Waals surface area contributed by atoms with Gasteiger partial charge in [-0.2, -0.15) is 5.26 Å². The fraction of sp³-hybridized carbons (Fsp3) is 0. The van der Waals surface area contributed by atoms with Gasteiger partial charge in [-0.25, -0.2) is 0 Å².